The maximum absolute atomic E-state index is 11.7. The maximum atomic E-state index is 11.7. The number of rotatable bonds is 5. The summed E-state index contributed by atoms with van der Waals surface area (Å²) in [5.74, 6) is -0.639. The zero-order chi connectivity index (χ0) is 19.7. The molecule has 0 saturated heterocycles. The van der Waals surface area contributed by atoms with Gasteiger partial charge in [-0.2, -0.15) is 0 Å². The van der Waals surface area contributed by atoms with E-state index in [1.807, 2.05) is 19.9 Å². The third-order valence-corrected chi connectivity index (χ3v) is 6.10. The first-order valence-electron chi connectivity index (χ1n) is 8.14. The quantitative estimate of drug-likeness (QED) is 0.308. The van der Waals surface area contributed by atoms with E-state index in [4.69, 9.17) is 4.42 Å². The highest BCUT2D eigenvalue weighted by Gasteiger charge is 2.17. The van der Waals surface area contributed by atoms with Gasteiger partial charge in [-0.25, -0.2) is 4.79 Å². The van der Waals surface area contributed by atoms with Crippen LogP contribution in [0, 0.1) is 31.3 Å². The third kappa shape index (κ3) is 4.27. The van der Waals surface area contributed by atoms with Crippen molar-refractivity contribution in [3.05, 3.63) is 61.1 Å². The number of aromatic nitrogens is 3. The summed E-state index contributed by atoms with van der Waals surface area (Å²) in [5, 5.41) is 17.4. The molecule has 0 aliphatic carbocycles. The van der Waals surface area contributed by atoms with Gasteiger partial charge in [-0.15, -0.1) is 10.2 Å². The number of hydrogen-bond donors (Lipinski definition) is 1. The molecule has 0 aliphatic rings. The SMILES string of the molecule is Cc1nnc(S/C(=C\c2cc(C)n(-c3ccc(C)c(I)c3)c2C)C(=O)O)o1. The molecule has 0 amide bonds. The molecule has 6 nitrogen and oxygen atoms in total. The molecule has 0 fully saturated rings. The number of carbonyl (C=O) groups is 1. The van der Waals surface area contributed by atoms with Crippen LogP contribution >= 0.6 is 34.4 Å². The van der Waals surface area contributed by atoms with E-state index in [2.05, 4.69) is 62.5 Å². The van der Waals surface area contributed by atoms with Crippen molar-refractivity contribution in [1.29, 1.82) is 0 Å². The summed E-state index contributed by atoms with van der Waals surface area (Å²) in [5.41, 5.74) is 5.11. The Kier molecular flexibility index (Phi) is 5.75. The minimum absolute atomic E-state index is 0.123. The van der Waals surface area contributed by atoms with Crippen molar-refractivity contribution < 1.29 is 14.3 Å². The molecule has 2 aromatic heterocycles. The lowest BCUT2D eigenvalue weighted by Crippen LogP contribution is -2.00. The lowest BCUT2D eigenvalue weighted by atomic mass is 10.2. The molecule has 140 valence electrons. The number of benzene rings is 1. The molecule has 27 heavy (non-hydrogen) atoms. The molecule has 0 atom stereocenters. The van der Waals surface area contributed by atoms with E-state index in [-0.39, 0.29) is 10.1 Å². The number of hydrogen-bond acceptors (Lipinski definition) is 5. The summed E-state index contributed by atoms with van der Waals surface area (Å²) in [4.78, 5) is 11.8. The molecular weight excluding hydrogens is 477 g/mol. The molecule has 0 saturated carbocycles. The van der Waals surface area contributed by atoms with Crippen LogP contribution in [0.1, 0.15) is 28.4 Å². The van der Waals surface area contributed by atoms with Crippen LogP contribution in [0.25, 0.3) is 11.8 Å². The molecule has 0 bridgehead atoms. The van der Waals surface area contributed by atoms with E-state index in [0.717, 1.165) is 34.4 Å². The minimum Gasteiger partial charge on any atom is -0.477 e. The van der Waals surface area contributed by atoms with Gasteiger partial charge in [0.1, 0.15) is 4.91 Å². The monoisotopic (exact) mass is 495 g/mol. The normalized spacial score (nSPS) is 11.8. The number of nitrogens with zero attached hydrogens (tertiary/aromatic N) is 3. The summed E-state index contributed by atoms with van der Waals surface area (Å²) in [6, 6.07) is 8.25. The van der Waals surface area contributed by atoms with E-state index in [9.17, 15) is 9.90 Å². The number of carboxylic acid groups (broad SMARTS) is 1. The Morgan fingerprint density at radius 1 is 1.22 bits per heavy atom. The lowest BCUT2D eigenvalue weighted by molar-refractivity contribution is -0.131. The molecule has 1 aromatic carbocycles. The molecule has 0 aliphatic heterocycles. The fourth-order valence-corrected chi connectivity index (χ4v) is 3.95. The Morgan fingerprint density at radius 2 is 1.96 bits per heavy atom. The van der Waals surface area contributed by atoms with E-state index in [1.54, 1.807) is 13.0 Å². The lowest BCUT2D eigenvalue weighted by Gasteiger charge is -2.11. The summed E-state index contributed by atoms with van der Waals surface area (Å²) in [7, 11) is 0. The molecular formula is C19H18IN3O3S. The second-order valence-electron chi connectivity index (χ2n) is 6.10. The Labute approximate surface area is 174 Å². The van der Waals surface area contributed by atoms with Crippen LogP contribution in [0.15, 0.2) is 38.8 Å². The van der Waals surface area contributed by atoms with Crippen LogP contribution in [-0.4, -0.2) is 25.8 Å². The fraction of sp³-hybridized carbons (Fsp3) is 0.211. The number of thioether (sulfide) groups is 1. The van der Waals surface area contributed by atoms with Crippen molar-refractivity contribution in [2.75, 3.05) is 0 Å². The van der Waals surface area contributed by atoms with E-state index >= 15 is 0 Å². The summed E-state index contributed by atoms with van der Waals surface area (Å²) in [6.45, 7) is 7.72. The van der Waals surface area contributed by atoms with Gasteiger partial charge in [-0.05, 0) is 90.5 Å². The predicted molar refractivity (Wildman–Crippen MR) is 113 cm³/mol. The smallest absolute Gasteiger partial charge is 0.342 e. The minimum atomic E-state index is -1.04. The molecule has 2 heterocycles. The van der Waals surface area contributed by atoms with E-state index < -0.39 is 5.97 Å². The highest BCUT2D eigenvalue weighted by Crippen LogP contribution is 2.30. The molecule has 3 aromatic rings. The Morgan fingerprint density at radius 3 is 2.56 bits per heavy atom. The molecule has 0 radical (unpaired) electrons. The zero-order valence-electron chi connectivity index (χ0n) is 15.3. The molecule has 0 unspecified atom stereocenters. The molecule has 1 N–H and O–H groups in total. The van der Waals surface area contributed by atoms with Crippen molar-refractivity contribution in [2.45, 2.75) is 32.9 Å². The van der Waals surface area contributed by atoms with Crippen molar-refractivity contribution in [2.24, 2.45) is 0 Å². The predicted octanol–water partition coefficient (Wildman–Crippen LogP) is 4.92. The van der Waals surface area contributed by atoms with Gasteiger partial charge in [-0.1, -0.05) is 6.07 Å². The highest BCUT2D eigenvalue weighted by molar-refractivity contribution is 14.1. The first-order valence-corrected chi connectivity index (χ1v) is 10.0. The number of aryl methyl sites for hydroxylation is 3. The van der Waals surface area contributed by atoms with Crippen LogP contribution < -0.4 is 0 Å². The van der Waals surface area contributed by atoms with Gasteiger partial charge >= 0.3 is 5.97 Å². The van der Waals surface area contributed by atoms with E-state index in [1.165, 1.54) is 9.13 Å². The summed E-state index contributed by atoms with van der Waals surface area (Å²) < 4.78 is 8.59. The standard InChI is InChI=1S/C19H18IN3O3S/c1-10-5-6-15(9-16(10)20)23-11(2)7-14(12(23)3)8-17(18(24)25)27-19-22-21-13(4)26-19/h5-9H,1-4H3,(H,24,25)/b17-8-. The molecule has 8 heteroatoms. The van der Waals surface area contributed by atoms with Crippen LogP contribution in [-0.2, 0) is 4.79 Å². The topological polar surface area (TPSA) is 81.2 Å². The van der Waals surface area contributed by atoms with Gasteiger partial charge < -0.3 is 14.1 Å². The average Bonchev–Trinajstić information content (AvgIpc) is 3.13. The van der Waals surface area contributed by atoms with Crippen molar-refractivity contribution in [1.82, 2.24) is 14.8 Å². The van der Waals surface area contributed by atoms with Gasteiger partial charge in [0.05, 0.1) is 0 Å². The number of carboxylic acids is 1. The molecule has 3 rings (SSSR count). The van der Waals surface area contributed by atoms with Gasteiger partial charge in [0.2, 0.25) is 5.89 Å². The van der Waals surface area contributed by atoms with Crippen LogP contribution in [0.5, 0.6) is 0 Å². The van der Waals surface area contributed by atoms with E-state index in [0.29, 0.717) is 5.89 Å². The average molecular weight is 495 g/mol. The number of aliphatic carboxylic acids is 1. The van der Waals surface area contributed by atoms with Crippen LogP contribution in [0.3, 0.4) is 0 Å². The van der Waals surface area contributed by atoms with Crippen LogP contribution in [0.2, 0.25) is 0 Å². The first-order chi connectivity index (χ1) is 12.8. The van der Waals surface area contributed by atoms with Gasteiger partial charge in [0, 0.05) is 27.6 Å². The highest BCUT2D eigenvalue weighted by atomic mass is 127. The van der Waals surface area contributed by atoms with Gasteiger partial charge in [-0.3, -0.25) is 0 Å². The Bertz CT molecular complexity index is 1050. The first kappa shape index (κ1) is 19.7. The van der Waals surface area contributed by atoms with Crippen molar-refractivity contribution in [3.63, 3.8) is 0 Å². The van der Waals surface area contributed by atoms with Gasteiger partial charge in [0.15, 0.2) is 0 Å². The second-order valence-corrected chi connectivity index (χ2v) is 8.25. The van der Waals surface area contributed by atoms with Crippen LogP contribution in [0.4, 0.5) is 0 Å². The maximum Gasteiger partial charge on any atom is 0.342 e. The fourth-order valence-electron chi connectivity index (χ4n) is 2.74. The van der Waals surface area contributed by atoms with Crippen molar-refractivity contribution in [3.8, 4) is 5.69 Å². The Balaban J connectivity index is 2.02. The Hall–Kier alpha value is -2.07. The van der Waals surface area contributed by atoms with Crippen molar-refractivity contribution >= 4 is 46.4 Å². The number of halogens is 1. The van der Waals surface area contributed by atoms with Gasteiger partial charge in [0.25, 0.3) is 5.22 Å². The summed E-state index contributed by atoms with van der Waals surface area (Å²) >= 11 is 3.27. The molecule has 0 spiro atoms. The summed E-state index contributed by atoms with van der Waals surface area (Å²) in [6.07, 6.45) is 1.64. The zero-order valence-corrected chi connectivity index (χ0v) is 18.3. The third-order valence-electron chi connectivity index (χ3n) is 4.09. The second kappa shape index (κ2) is 7.89. The largest absolute Gasteiger partial charge is 0.477 e.